The van der Waals surface area contributed by atoms with Crippen LogP contribution >= 0.6 is 11.8 Å². The molecule has 3 aromatic rings. The van der Waals surface area contributed by atoms with Gasteiger partial charge in [-0.2, -0.15) is 4.98 Å². The molecule has 7 heteroatoms. The van der Waals surface area contributed by atoms with Gasteiger partial charge in [0.15, 0.2) is 5.78 Å². The molecule has 0 spiro atoms. The highest BCUT2D eigenvalue weighted by Crippen LogP contribution is 2.32. The molecule has 1 aliphatic rings. The van der Waals surface area contributed by atoms with E-state index in [2.05, 4.69) is 28.9 Å². The highest BCUT2D eigenvalue weighted by Gasteiger charge is 2.28. The van der Waals surface area contributed by atoms with Crippen molar-refractivity contribution in [3.63, 3.8) is 0 Å². The van der Waals surface area contributed by atoms with Crippen LogP contribution in [0.1, 0.15) is 54.2 Å². The number of nitrogens with zero attached hydrogens (tertiary/aromatic N) is 4. The van der Waals surface area contributed by atoms with Crippen molar-refractivity contribution in [2.75, 3.05) is 5.75 Å². The van der Waals surface area contributed by atoms with E-state index in [0.717, 1.165) is 23.4 Å². The maximum Gasteiger partial charge on any atom is 0.253 e. The molecule has 0 aliphatic heterocycles. The number of benzene rings is 1. The molecule has 0 saturated carbocycles. The Morgan fingerprint density at radius 2 is 2.00 bits per heavy atom. The summed E-state index contributed by atoms with van der Waals surface area (Å²) in [6.07, 6.45) is 3.89. The van der Waals surface area contributed by atoms with Gasteiger partial charge in [0.25, 0.3) is 5.78 Å². The van der Waals surface area contributed by atoms with Crippen molar-refractivity contribution in [1.29, 1.82) is 0 Å². The maximum absolute atomic E-state index is 13.2. The molecule has 0 fully saturated rings. The van der Waals surface area contributed by atoms with Crippen molar-refractivity contribution in [2.24, 2.45) is 5.92 Å². The number of carbonyl (C=O) groups is 1. The monoisotopic (exact) mass is 384 g/mol. The molecule has 1 aliphatic carbocycles. The van der Waals surface area contributed by atoms with Crippen LogP contribution in [0.3, 0.4) is 0 Å². The number of halogens is 1. The summed E-state index contributed by atoms with van der Waals surface area (Å²) in [5.74, 6) is 1.91. The first-order valence-corrected chi connectivity index (χ1v) is 10.2. The van der Waals surface area contributed by atoms with Crippen LogP contribution in [0, 0.1) is 11.7 Å². The van der Waals surface area contributed by atoms with Crippen molar-refractivity contribution >= 4 is 23.3 Å². The fourth-order valence-electron chi connectivity index (χ4n) is 3.28. The van der Waals surface area contributed by atoms with Crippen LogP contribution in [0.25, 0.3) is 5.78 Å². The number of fused-ring (bicyclic) bond motifs is 2. The molecule has 0 bridgehead atoms. The summed E-state index contributed by atoms with van der Waals surface area (Å²) < 4.78 is 14.8. The minimum atomic E-state index is -0.271. The summed E-state index contributed by atoms with van der Waals surface area (Å²) in [4.78, 5) is 21.8. The lowest BCUT2D eigenvalue weighted by Gasteiger charge is -2.23. The summed E-state index contributed by atoms with van der Waals surface area (Å²) in [6.45, 7) is 4.38. The van der Waals surface area contributed by atoms with Crippen molar-refractivity contribution < 1.29 is 9.18 Å². The molecule has 0 saturated heterocycles. The van der Waals surface area contributed by atoms with Crippen molar-refractivity contribution in [2.45, 2.75) is 44.2 Å². The molecule has 4 rings (SSSR count). The number of carbonyl (C=O) groups excluding carboxylic acids is 1. The number of aromatic nitrogens is 4. The molecule has 0 radical (unpaired) electrons. The van der Waals surface area contributed by atoms with Crippen molar-refractivity contribution in [1.82, 2.24) is 19.6 Å². The Morgan fingerprint density at radius 1 is 1.22 bits per heavy atom. The molecule has 5 nitrogen and oxygen atoms in total. The first kappa shape index (κ1) is 18.1. The zero-order valence-electron chi connectivity index (χ0n) is 15.4. The average molecular weight is 384 g/mol. The van der Waals surface area contributed by atoms with Gasteiger partial charge in [-0.3, -0.25) is 4.79 Å². The van der Waals surface area contributed by atoms with Crippen LogP contribution in [-0.2, 0) is 6.42 Å². The van der Waals surface area contributed by atoms with E-state index in [-0.39, 0.29) is 17.5 Å². The maximum atomic E-state index is 13.2. The second-order valence-corrected chi connectivity index (χ2v) is 8.41. The fourth-order valence-corrected chi connectivity index (χ4v) is 4.35. The predicted molar refractivity (Wildman–Crippen MR) is 103 cm³/mol. The third-order valence-corrected chi connectivity index (χ3v) is 5.70. The third kappa shape index (κ3) is 3.88. The van der Waals surface area contributed by atoms with Crippen LogP contribution in [0.15, 0.2) is 35.6 Å². The van der Waals surface area contributed by atoms with Crippen LogP contribution in [0.4, 0.5) is 4.39 Å². The summed E-state index contributed by atoms with van der Waals surface area (Å²) in [7, 11) is 0. The van der Waals surface area contributed by atoms with Gasteiger partial charge < -0.3 is 0 Å². The Labute approximate surface area is 161 Å². The first-order chi connectivity index (χ1) is 13.0. The van der Waals surface area contributed by atoms with Gasteiger partial charge in [0.2, 0.25) is 5.16 Å². The molecule has 0 unspecified atom stereocenters. The number of ketones is 1. The quantitative estimate of drug-likeness (QED) is 0.613. The summed E-state index contributed by atoms with van der Waals surface area (Å²) in [6, 6.07) is 6.37. The average Bonchev–Trinajstić information content (AvgIpc) is 3.02. The lowest BCUT2D eigenvalue weighted by molar-refractivity contribution is 0.0962. The summed E-state index contributed by atoms with van der Waals surface area (Å²) >= 11 is 1.61. The Balaban J connectivity index is 1.59. The van der Waals surface area contributed by atoms with E-state index in [4.69, 9.17) is 0 Å². The molecule has 2 aromatic heterocycles. The molecule has 27 heavy (non-hydrogen) atoms. The number of hydrogen-bond acceptors (Lipinski definition) is 5. The highest BCUT2D eigenvalue weighted by molar-refractivity contribution is 7.99. The topological polar surface area (TPSA) is 60.1 Å². The standard InChI is InChI=1S/C20H21FN4OS/c1-12(2)7-8-27-20-23-19-22-17-9-14(13-3-5-15(21)6-4-13)10-18(26)16(17)11-25(19)24-20/h3-6,11-12,14H,7-10H2,1-2H3/t14-/m0/s1. The second-order valence-electron chi connectivity index (χ2n) is 7.35. The van der Waals surface area contributed by atoms with Crippen molar-refractivity contribution in [3.8, 4) is 0 Å². The lowest BCUT2D eigenvalue weighted by atomic mass is 9.82. The van der Waals surface area contributed by atoms with Crippen LogP contribution < -0.4 is 0 Å². The van der Waals surface area contributed by atoms with Gasteiger partial charge in [0.1, 0.15) is 5.82 Å². The molecule has 0 amide bonds. The van der Waals surface area contributed by atoms with Crippen LogP contribution in [0.5, 0.6) is 0 Å². The Kier molecular flexibility index (Phi) is 4.95. The van der Waals surface area contributed by atoms with Gasteiger partial charge in [-0.25, -0.2) is 13.9 Å². The zero-order valence-corrected chi connectivity index (χ0v) is 16.2. The smallest absolute Gasteiger partial charge is 0.253 e. The predicted octanol–water partition coefficient (Wildman–Crippen LogP) is 4.31. The van der Waals surface area contributed by atoms with Gasteiger partial charge >= 0.3 is 0 Å². The molecule has 1 atom stereocenters. The Hall–Kier alpha value is -2.28. The highest BCUT2D eigenvalue weighted by atomic mass is 32.2. The van der Waals surface area contributed by atoms with E-state index in [1.165, 1.54) is 12.1 Å². The normalized spacial score (nSPS) is 16.9. The van der Waals surface area contributed by atoms with Crippen LogP contribution in [0.2, 0.25) is 0 Å². The third-order valence-electron chi connectivity index (χ3n) is 4.83. The molecular weight excluding hydrogens is 363 g/mol. The number of rotatable bonds is 5. The molecule has 1 aromatic carbocycles. The fraction of sp³-hybridized carbons (Fsp3) is 0.400. The molecule has 2 heterocycles. The van der Waals surface area contributed by atoms with Gasteiger partial charge in [0, 0.05) is 18.4 Å². The van der Waals surface area contributed by atoms with Gasteiger partial charge in [-0.1, -0.05) is 37.7 Å². The number of hydrogen-bond donors (Lipinski definition) is 0. The van der Waals surface area contributed by atoms with E-state index < -0.39 is 0 Å². The van der Waals surface area contributed by atoms with E-state index >= 15 is 0 Å². The number of Topliss-reactive ketones (excluding diaryl/α,β-unsaturated/α-hetero) is 1. The van der Waals surface area contributed by atoms with Crippen LogP contribution in [-0.4, -0.2) is 31.1 Å². The van der Waals surface area contributed by atoms with Gasteiger partial charge in [-0.15, -0.1) is 5.10 Å². The Morgan fingerprint density at radius 3 is 2.74 bits per heavy atom. The molecule has 0 N–H and O–H groups in total. The largest absolute Gasteiger partial charge is 0.294 e. The SMILES string of the molecule is CC(C)CCSc1nc2nc3c(cn2n1)C(=O)C[C@@H](c1ccc(F)cc1)C3. The minimum absolute atomic E-state index is 0.0170. The van der Waals surface area contributed by atoms with E-state index in [0.29, 0.717) is 35.3 Å². The molecule has 140 valence electrons. The van der Waals surface area contributed by atoms with Gasteiger partial charge in [-0.05, 0) is 42.4 Å². The Bertz CT molecular complexity index is 984. The summed E-state index contributed by atoms with van der Waals surface area (Å²) in [5, 5.41) is 5.14. The van der Waals surface area contributed by atoms with E-state index in [9.17, 15) is 9.18 Å². The zero-order chi connectivity index (χ0) is 19.0. The number of thioether (sulfide) groups is 1. The first-order valence-electron chi connectivity index (χ1n) is 9.17. The lowest BCUT2D eigenvalue weighted by Crippen LogP contribution is -2.21. The van der Waals surface area contributed by atoms with E-state index in [1.54, 1.807) is 34.6 Å². The van der Waals surface area contributed by atoms with E-state index in [1.807, 2.05) is 0 Å². The molecular formula is C20H21FN4OS. The van der Waals surface area contributed by atoms with Gasteiger partial charge in [0.05, 0.1) is 11.3 Å². The van der Waals surface area contributed by atoms with Crippen molar-refractivity contribution in [3.05, 3.63) is 53.1 Å². The minimum Gasteiger partial charge on any atom is -0.294 e. The second kappa shape index (κ2) is 7.38. The summed E-state index contributed by atoms with van der Waals surface area (Å²) in [5.41, 5.74) is 2.33.